The molecule has 0 saturated heterocycles. The van der Waals surface area contributed by atoms with Crippen LogP contribution in [0.5, 0.6) is 0 Å². The first kappa shape index (κ1) is 18.4. The molecule has 3 aromatic rings. The highest BCUT2D eigenvalue weighted by Crippen LogP contribution is 2.27. The van der Waals surface area contributed by atoms with Gasteiger partial charge in [-0.3, -0.25) is 14.9 Å². The molecule has 0 aliphatic rings. The molecule has 1 N–H and O–H groups in total. The van der Waals surface area contributed by atoms with Crippen molar-refractivity contribution < 1.29 is 9.72 Å². The summed E-state index contributed by atoms with van der Waals surface area (Å²) in [4.78, 5) is 25.3. The van der Waals surface area contributed by atoms with Crippen molar-refractivity contribution in [3.8, 4) is 0 Å². The molecule has 1 amide bonds. The van der Waals surface area contributed by atoms with Crippen molar-refractivity contribution in [3.63, 3.8) is 0 Å². The molecule has 0 aliphatic heterocycles. The van der Waals surface area contributed by atoms with E-state index in [1.54, 1.807) is 25.1 Å². The highest BCUT2D eigenvalue weighted by Gasteiger charge is 2.20. The highest BCUT2D eigenvalue weighted by atomic mass is 16.6. The minimum atomic E-state index is -0.496. The Balaban J connectivity index is 1.95. The lowest BCUT2D eigenvalue weighted by molar-refractivity contribution is -0.384. The molecule has 1 unspecified atom stereocenters. The number of hydrogen-bond acceptors (Lipinski definition) is 4. The molecule has 0 bridgehead atoms. The fourth-order valence-electron chi connectivity index (χ4n) is 3.19. The third kappa shape index (κ3) is 3.74. The molecule has 0 spiro atoms. The number of carbonyl (C=O) groups excluding carboxylic acids is 1. The zero-order chi connectivity index (χ0) is 19.6. The van der Waals surface area contributed by atoms with Gasteiger partial charge in [-0.2, -0.15) is 0 Å². The number of anilines is 1. The van der Waals surface area contributed by atoms with Crippen molar-refractivity contribution in [1.82, 2.24) is 5.32 Å². The van der Waals surface area contributed by atoms with Gasteiger partial charge in [0.2, 0.25) is 0 Å². The molecule has 0 fully saturated rings. The van der Waals surface area contributed by atoms with Gasteiger partial charge in [0.1, 0.15) is 0 Å². The van der Waals surface area contributed by atoms with E-state index in [1.807, 2.05) is 49.4 Å². The SMILES string of the molecule is CC(NC(=O)c1cc([N+](=O)[O-])ccc1N(C)C)c1cccc2ccccc12. The van der Waals surface area contributed by atoms with Crippen molar-refractivity contribution in [3.05, 3.63) is 81.9 Å². The van der Waals surface area contributed by atoms with Crippen LogP contribution in [0.4, 0.5) is 11.4 Å². The first-order valence-corrected chi connectivity index (χ1v) is 8.63. The number of nitro groups is 1. The summed E-state index contributed by atoms with van der Waals surface area (Å²) in [6.07, 6.45) is 0. The van der Waals surface area contributed by atoms with Crippen molar-refractivity contribution >= 4 is 28.1 Å². The number of rotatable bonds is 5. The number of carbonyl (C=O) groups is 1. The van der Waals surface area contributed by atoms with E-state index in [-0.39, 0.29) is 23.2 Å². The Morgan fingerprint density at radius 3 is 2.48 bits per heavy atom. The molecule has 27 heavy (non-hydrogen) atoms. The minimum Gasteiger partial charge on any atom is -0.377 e. The van der Waals surface area contributed by atoms with E-state index >= 15 is 0 Å². The van der Waals surface area contributed by atoms with Crippen molar-refractivity contribution in [2.45, 2.75) is 13.0 Å². The molecule has 6 heteroatoms. The predicted octanol–water partition coefficient (Wildman–Crippen LogP) is 4.31. The summed E-state index contributed by atoms with van der Waals surface area (Å²) in [7, 11) is 3.60. The Bertz CT molecular complexity index is 1010. The number of nitrogens with zero attached hydrogens (tertiary/aromatic N) is 2. The second-order valence-corrected chi connectivity index (χ2v) is 6.62. The Hall–Kier alpha value is -3.41. The van der Waals surface area contributed by atoms with E-state index in [1.165, 1.54) is 12.1 Å². The van der Waals surface area contributed by atoms with Gasteiger partial charge in [-0.15, -0.1) is 0 Å². The fraction of sp³-hybridized carbons (Fsp3) is 0.190. The molecule has 3 rings (SSSR count). The molecular formula is C21H21N3O3. The summed E-state index contributed by atoms with van der Waals surface area (Å²) in [5, 5.41) is 16.3. The van der Waals surface area contributed by atoms with Gasteiger partial charge in [-0.25, -0.2) is 0 Å². The lowest BCUT2D eigenvalue weighted by Gasteiger charge is -2.20. The second-order valence-electron chi connectivity index (χ2n) is 6.62. The Morgan fingerprint density at radius 2 is 1.78 bits per heavy atom. The number of nitrogens with one attached hydrogen (secondary N) is 1. The number of fused-ring (bicyclic) bond motifs is 1. The molecule has 0 heterocycles. The number of non-ortho nitro benzene ring substituents is 1. The first-order chi connectivity index (χ1) is 12.9. The van der Waals surface area contributed by atoms with Gasteiger partial charge in [0, 0.05) is 31.9 Å². The maximum absolute atomic E-state index is 12.9. The lowest BCUT2D eigenvalue weighted by Crippen LogP contribution is -2.28. The van der Waals surface area contributed by atoms with E-state index in [2.05, 4.69) is 5.32 Å². The predicted molar refractivity (Wildman–Crippen MR) is 107 cm³/mol. The van der Waals surface area contributed by atoms with Crippen LogP contribution in [0.25, 0.3) is 10.8 Å². The largest absolute Gasteiger partial charge is 0.377 e. The fourth-order valence-corrected chi connectivity index (χ4v) is 3.19. The van der Waals surface area contributed by atoms with Crippen LogP contribution < -0.4 is 10.2 Å². The molecule has 1 atom stereocenters. The summed E-state index contributed by atoms with van der Waals surface area (Å²) in [6.45, 7) is 1.91. The van der Waals surface area contributed by atoms with Crippen LogP contribution in [0, 0.1) is 10.1 Å². The van der Waals surface area contributed by atoms with Crippen LogP contribution in [0.3, 0.4) is 0 Å². The smallest absolute Gasteiger partial charge is 0.270 e. The summed E-state index contributed by atoms with van der Waals surface area (Å²) in [5.41, 5.74) is 1.80. The van der Waals surface area contributed by atoms with Crippen molar-refractivity contribution in [1.29, 1.82) is 0 Å². The molecule has 0 aromatic heterocycles. The highest BCUT2D eigenvalue weighted by molar-refractivity contribution is 6.01. The summed E-state index contributed by atoms with van der Waals surface area (Å²) in [6, 6.07) is 18.0. The summed E-state index contributed by atoms with van der Waals surface area (Å²) in [5.74, 6) is -0.345. The van der Waals surface area contributed by atoms with E-state index in [0.717, 1.165) is 16.3 Å². The summed E-state index contributed by atoms with van der Waals surface area (Å²) < 4.78 is 0. The third-order valence-corrected chi connectivity index (χ3v) is 4.55. The number of amides is 1. The first-order valence-electron chi connectivity index (χ1n) is 8.63. The van der Waals surface area contributed by atoms with Crippen LogP contribution in [0.1, 0.15) is 28.9 Å². The average Bonchev–Trinajstić information content (AvgIpc) is 2.66. The maximum atomic E-state index is 12.9. The van der Waals surface area contributed by atoms with E-state index in [4.69, 9.17) is 0 Å². The molecule has 0 aliphatic carbocycles. The van der Waals surface area contributed by atoms with Gasteiger partial charge >= 0.3 is 0 Å². The Kier molecular flexibility index (Phi) is 5.07. The van der Waals surface area contributed by atoms with E-state index in [9.17, 15) is 14.9 Å². The summed E-state index contributed by atoms with van der Waals surface area (Å²) >= 11 is 0. The van der Waals surface area contributed by atoms with E-state index < -0.39 is 4.92 Å². The van der Waals surface area contributed by atoms with Gasteiger partial charge < -0.3 is 10.2 Å². The number of benzene rings is 3. The Labute approximate surface area is 157 Å². The third-order valence-electron chi connectivity index (χ3n) is 4.55. The molecule has 138 valence electrons. The molecular weight excluding hydrogens is 342 g/mol. The lowest BCUT2D eigenvalue weighted by atomic mass is 9.99. The molecule has 0 radical (unpaired) electrons. The van der Waals surface area contributed by atoms with Crippen LogP contribution in [-0.2, 0) is 0 Å². The van der Waals surface area contributed by atoms with Crippen molar-refractivity contribution in [2.75, 3.05) is 19.0 Å². The monoisotopic (exact) mass is 363 g/mol. The zero-order valence-corrected chi connectivity index (χ0v) is 15.5. The number of hydrogen-bond donors (Lipinski definition) is 1. The van der Waals surface area contributed by atoms with Gasteiger partial charge in [0.15, 0.2) is 0 Å². The second kappa shape index (κ2) is 7.45. The maximum Gasteiger partial charge on any atom is 0.270 e. The van der Waals surface area contributed by atoms with Crippen LogP contribution in [0.15, 0.2) is 60.7 Å². The van der Waals surface area contributed by atoms with Crippen LogP contribution in [0.2, 0.25) is 0 Å². The van der Waals surface area contributed by atoms with Gasteiger partial charge in [0.05, 0.1) is 16.5 Å². The van der Waals surface area contributed by atoms with Gasteiger partial charge in [0.25, 0.3) is 11.6 Å². The van der Waals surface area contributed by atoms with Gasteiger partial charge in [-0.05, 0) is 29.3 Å². The zero-order valence-electron chi connectivity index (χ0n) is 15.5. The van der Waals surface area contributed by atoms with Crippen LogP contribution >= 0.6 is 0 Å². The van der Waals surface area contributed by atoms with Crippen LogP contribution in [-0.4, -0.2) is 24.9 Å². The van der Waals surface area contributed by atoms with Crippen molar-refractivity contribution in [2.24, 2.45) is 0 Å². The number of nitro benzene ring substituents is 1. The normalized spacial score (nSPS) is 11.8. The van der Waals surface area contributed by atoms with E-state index in [0.29, 0.717) is 5.69 Å². The standard InChI is InChI=1S/C21H21N3O3/c1-14(17-10-6-8-15-7-4-5-9-18(15)17)22-21(25)19-13-16(24(26)27)11-12-20(19)23(2)3/h4-14H,1-3H3,(H,22,25). The Morgan fingerprint density at radius 1 is 1.07 bits per heavy atom. The topological polar surface area (TPSA) is 75.5 Å². The average molecular weight is 363 g/mol. The molecule has 3 aromatic carbocycles. The molecule has 6 nitrogen and oxygen atoms in total. The minimum absolute atomic E-state index is 0.108. The van der Waals surface area contributed by atoms with Gasteiger partial charge in [-0.1, -0.05) is 42.5 Å². The quantitative estimate of drug-likeness (QED) is 0.541. The molecule has 0 saturated carbocycles.